The van der Waals surface area contributed by atoms with Gasteiger partial charge in [0.1, 0.15) is 17.6 Å². The minimum absolute atomic E-state index is 0.137. The van der Waals surface area contributed by atoms with Gasteiger partial charge in [-0.1, -0.05) is 0 Å². The average Bonchev–Trinajstić information content (AvgIpc) is 2.25. The van der Waals surface area contributed by atoms with Crippen LogP contribution in [0.4, 0.5) is 13.2 Å². The highest BCUT2D eigenvalue weighted by molar-refractivity contribution is 5.41. The predicted molar refractivity (Wildman–Crippen MR) is 54.8 cm³/mol. The number of nitrogens with two attached hydrogens (primary N) is 1. The van der Waals surface area contributed by atoms with E-state index in [1.165, 1.54) is 0 Å². The number of phenols is 1. The number of aromatic hydroxyl groups is 1. The molecule has 0 saturated heterocycles. The quantitative estimate of drug-likeness (QED) is 0.642. The molecule has 18 heavy (non-hydrogen) atoms. The molecule has 0 saturated carbocycles. The van der Waals surface area contributed by atoms with E-state index in [0.29, 0.717) is 6.07 Å². The fourth-order valence-electron chi connectivity index (χ4n) is 1.31. The molecule has 0 radical (unpaired) electrons. The van der Waals surface area contributed by atoms with Gasteiger partial charge < -0.3 is 25.8 Å². The van der Waals surface area contributed by atoms with Crippen molar-refractivity contribution in [3.63, 3.8) is 0 Å². The molecule has 0 aliphatic rings. The van der Waals surface area contributed by atoms with Gasteiger partial charge in [-0.3, -0.25) is 0 Å². The third-order valence-electron chi connectivity index (χ3n) is 2.16. The highest BCUT2D eigenvalue weighted by Crippen LogP contribution is 2.32. The number of aliphatic hydroxyl groups is 2. The van der Waals surface area contributed by atoms with Crippen LogP contribution in [-0.2, 0) is 0 Å². The van der Waals surface area contributed by atoms with Crippen LogP contribution in [-0.4, -0.2) is 34.3 Å². The van der Waals surface area contributed by atoms with E-state index in [-0.39, 0.29) is 12.1 Å². The van der Waals surface area contributed by atoms with Crippen LogP contribution in [0.15, 0.2) is 18.2 Å². The summed E-state index contributed by atoms with van der Waals surface area (Å²) in [6.07, 6.45) is -7.69. The van der Waals surface area contributed by atoms with Crippen molar-refractivity contribution in [2.45, 2.75) is 18.6 Å². The summed E-state index contributed by atoms with van der Waals surface area (Å²) in [7, 11) is 0. The summed E-state index contributed by atoms with van der Waals surface area (Å²) in [6.45, 7) is -0.262. The van der Waals surface area contributed by atoms with Crippen molar-refractivity contribution in [3.05, 3.63) is 23.8 Å². The maximum absolute atomic E-state index is 11.9. The molecule has 2 atom stereocenters. The summed E-state index contributed by atoms with van der Waals surface area (Å²) in [5.41, 5.74) is 4.97. The van der Waals surface area contributed by atoms with Gasteiger partial charge in [-0.2, -0.15) is 0 Å². The second-order valence-corrected chi connectivity index (χ2v) is 3.52. The molecule has 5 N–H and O–H groups in total. The lowest BCUT2D eigenvalue weighted by molar-refractivity contribution is -0.274. The van der Waals surface area contributed by atoms with E-state index < -0.39 is 30.1 Å². The molecule has 5 nitrogen and oxygen atoms in total. The highest BCUT2D eigenvalue weighted by atomic mass is 19.4. The van der Waals surface area contributed by atoms with Gasteiger partial charge in [0.05, 0.1) is 6.10 Å². The van der Waals surface area contributed by atoms with Crippen LogP contribution in [0.3, 0.4) is 0 Å². The SMILES string of the molecule is NCC(O)C(O)c1ccc(OC(F)(F)F)cc1O. The molecule has 0 amide bonds. The smallest absolute Gasteiger partial charge is 0.507 e. The summed E-state index contributed by atoms with van der Waals surface area (Å²) >= 11 is 0. The molecule has 0 aromatic heterocycles. The Morgan fingerprint density at radius 1 is 1.28 bits per heavy atom. The van der Waals surface area contributed by atoms with Crippen LogP contribution < -0.4 is 10.5 Å². The number of phenolic OH excluding ortho intramolecular Hbond substituents is 1. The first-order valence-electron chi connectivity index (χ1n) is 4.89. The monoisotopic (exact) mass is 267 g/mol. The lowest BCUT2D eigenvalue weighted by Crippen LogP contribution is -2.27. The van der Waals surface area contributed by atoms with Gasteiger partial charge in [0.15, 0.2) is 0 Å². The second-order valence-electron chi connectivity index (χ2n) is 3.52. The molecular weight excluding hydrogens is 255 g/mol. The Kier molecular flexibility index (Phi) is 4.38. The molecule has 0 heterocycles. The Morgan fingerprint density at radius 3 is 2.33 bits per heavy atom. The van der Waals surface area contributed by atoms with Crippen LogP contribution >= 0.6 is 0 Å². The lowest BCUT2D eigenvalue weighted by atomic mass is 10.0. The van der Waals surface area contributed by atoms with E-state index in [4.69, 9.17) is 5.73 Å². The molecule has 2 unspecified atom stereocenters. The molecule has 0 spiro atoms. The fraction of sp³-hybridized carbons (Fsp3) is 0.400. The topological polar surface area (TPSA) is 95.9 Å². The van der Waals surface area contributed by atoms with Crippen LogP contribution in [0.5, 0.6) is 11.5 Å². The Bertz CT molecular complexity index is 411. The number of hydrogen-bond acceptors (Lipinski definition) is 5. The van der Waals surface area contributed by atoms with Gasteiger partial charge in [0, 0.05) is 18.2 Å². The number of benzene rings is 1. The zero-order valence-corrected chi connectivity index (χ0v) is 9.05. The summed E-state index contributed by atoms with van der Waals surface area (Å²) in [5.74, 6) is -1.25. The first-order valence-corrected chi connectivity index (χ1v) is 4.89. The molecule has 8 heteroatoms. The number of aliphatic hydroxyl groups excluding tert-OH is 2. The summed E-state index contributed by atoms with van der Waals surface area (Å²) < 4.78 is 39.3. The van der Waals surface area contributed by atoms with Gasteiger partial charge >= 0.3 is 6.36 Å². The van der Waals surface area contributed by atoms with Crippen LogP contribution in [0, 0.1) is 0 Å². The van der Waals surface area contributed by atoms with E-state index in [1.54, 1.807) is 0 Å². The van der Waals surface area contributed by atoms with E-state index in [9.17, 15) is 28.5 Å². The maximum atomic E-state index is 11.9. The van der Waals surface area contributed by atoms with Gasteiger partial charge in [0.25, 0.3) is 0 Å². The number of hydrogen-bond donors (Lipinski definition) is 4. The molecular formula is C10H12F3NO4. The Morgan fingerprint density at radius 2 is 1.89 bits per heavy atom. The number of halogens is 3. The normalized spacial score (nSPS) is 15.2. The molecule has 0 aliphatic heterocycles. The van der Waals surface area contributed by atoms with Gasteiger partial charge in [-0.25, -0.2) is 0 Å². The summed E-state index contributed by atoms with van der Waals surface area (Å²) in [6, 6.07) is 2.62. The van der Waals surface area contributed by atoms with Crippen molar-refractivity contribution in [3.8, 4) is 11.5 Å². The second kappa shape index (κ2) is 5.42. The van der Waals surface area contributed by atoms with Crippen LogP contribution in [0.25, 0.3) is 0 Å². The van der Waals surface area contributed by atoms with E-state index in [1.807, 2.05) is 0 Å². The van der Waals surface area contributed by atoms with Crippen molar-refractivity contribution in [1.82, 2.24) is 0 Å². The molecule has 102 valence electrons. The van der Waals surface area contributed by atoms with Gasteiger partial charge in [0.2, 0.25) is 0 Å². The van der Waals surface area contributed by atoms with E-state index in [0.717, 1.165) is 12.1 Å². The van der Waals surface area contributed by atoms with Crippen molar-refractivity contribution < 1.29 is 33.2 Å². The third kappa shape index (κ3) is 3.76. The Labute approximate surface area is 100 Å². The number of rotatable bonds is 4. The zero-order valence-electron chi connectivity index (χ0n) is 9.05. The summed E-state index contributed by atoms with van der Waals surface area (Å²) in [4.78, 5) is 0. The van der Waals surface area contributed by atoms with Gasteiger partial charge in [-0.15, -0.1) is 13.2 Å². The fourth-order valence-corrected chi connectivity index (χ4v) is 1.31. The van der Waals surface area contributed by atoms with E-state index in [2.05, 4.69) is 4.74 Å². The molecule has 0 aliphatic carbocycles. The highest BCUT2D eigenvalue weighted by Gasteiger charge is 2.31. The van der Waals surface area contributed by atoms with E-state index >= 15 is 0 Å². The minimum atomic E-state index is -4.87. The Balaban J connectivity index is 2.92. The number of alkyl halides is 3. The number of ether oxygens (including phenoxy) is 1. The zero-order chi connectivity index (χ0) is 13.9. The standard InChI is InChI=1S/C10H12F3NO4/c11-10(12,13)18-5-1-2-6(7(15)3-5)9(17)8(16)4-14/h1-3,8-9,15-17H,4,14H2. The van der Waals surface area contributed by atoms with Crippen molar-refractivity contribution in [2.24, 2.45) is 5.73 Å². The third-order valence-corrected chi connectivity index (χ3v) is 2.16. The molecule has 1 aromatic rings. The van der Waals surface area contributed by atoms with Crippen LogP contribution in [0.2, 0.25) is 0 Å². The van der Waals surface area contributed by atoms with Crippen molar-refractivity contribution in [2.75, 3.05) is 6.54 Å². The minimum Gasteiger partial charge on any atom is -0.507 e. The average molecular weight is 267 g/mol. The molecule has 0 bridgehead atoms. The van der Waals surface area contributed by atoms with Gasteiger partial charge in [-0.05, 0) is 12.1 Å². The molecule has 1 aromatic carbocycles. The molecule has 1 rings (SSSR count). The first kappa shape index (κ1) is 14.6. The largest absolute Gasteiger partial charge is 0.573 e. The van der Waals surface area contributed by atoms with Crippen LogP contribution in [0.1, 0.15) is 11.7 Å². The van der Waals surface area contributed by atoms with Crippen molar-refractivity contribution in [1.29, 1.82) is 0 Å². The van der Waals surface area contributed by atoms with Crippen molar-refractivity contribution >= 4 is 0 Å². The lowest BCUT2D eigenvalue weighted by Gasteiger charge is -2.18. The Hall–Kier alpha value is -1.51. The first-order chi connectivity index (χ1) is 8.24. The molecule has 0 fully saturated rings. The predicted octanol–water partition coefficient (Wildman–Crippen LogP) is 0.644. The summed E-state index contributed by atoms with van der Waals surface area (Å²) in [5, 5.41) is 28.2. The maximum Gasteiger partial charge on any atom is 0.573 e.